The molecule has 1 aromatic rings. The molecule has 0 saturated carbocycles. The maximum Gasteiger partial charge on any atom is 0.221 e. The first-order valence-corrected chi connectivity index (χ1v) is 7.09. The highest BCUT2D eigenvalue weighted by atomic mass is 79.9. The van der Waals surface area contributed by atoms with Gasteiger partial charge in [0.1, 0.15) is 0 Å². The van der Waals surface area contributed by atoms with Crippen molar-refractivity contribution in [2.24, 2.45) is 0 Å². The van der Waals surface area contributed by atoms with E-state index in [4.69, 9.17) is 0 Å². The molecule has 1 saturated heterocycles. The summed E-state index contributed by atoms with van der Waals surface area (Å²) >= 11 is 5.18. The van der Waals surface area contributed by atoms with Crippen LogP contribution in [0.2, 0.25) is 0 Å². The molecule has 2 heterocycles. The molecule has 1 aliphatic rings. The number of halogens is 1. The first kappa shape index (κ1) is 12.1. The Balaban J connectivity index is 1.82. The van der Waals surface area contributed by atoms with E-state index in [0.717, 1.165) is 29.7 Å². The van der Waals surface area contributed by atoms with Crippen molar-refractivity contribution in [3.8, 4) is 0 Å². The number of hydrogen-bond donors (Lipinski definition) is 2. The van der Waals surface area contributed by atoms with E-state index >= 15 is 0 Å². The van der Waals surface area contributed by atoms with Gasteiger partial charge in [0.15, 0.2) is 0 Å². The van der Waals surface area contributed by atoms with Crippen molar-refractivity contribution >= 4 is 33.2 Å². The van der Waals surface area contributed by atoms with E-state index in [-0.39, 0.29) is 5.91 Å². The van der Waals surface area contributed by atoms with Gasteiger partial charge in [0, 0.05) is 30.4 Å². The Morgan fingerprint density at radius 1 is 1.56 bits per heavy atom. The minimum Gasteiger partial charge on any atom is -0.356 e. The highest BCUT2D eigenvalue weighted by Gasteiger charge is 2.16. The van der Waals surface area contributed by atoms with Crippen LogP contribution in [-0.4, -0.2) is 18.5 Å². The zero-order chi connectivity index (χ0) is 11.4. The Morgan fingerprint density at radius 3 is 3.19 bits per heavy atom. The van der Waals surface area contributed by atoms with Crippen molar-refractivity contribution in [2.45, 2.75) is 31.8 Å². The van der Waals surface area contributed by atoms with Crippen LogP contribution in [0, 0.1) is 0 Å². The molecule has 0 bridgehead atoms. The van der Waals surface area contributed by atoms with Crippen molar-refractivity contribution < 1.29 is 4.79 Å². The highest BCUT2D eigenvalue weighted by molar-refractivity contribution is 9.11. The fourth-order valence-corrected chi connectivity index (χ4v) is 3.27. The Bertz CT molecular complexity index is 367. The van der Waals surface area contributed by atoms with Crippen LogP contribution in [-0.2, 0) is 11.3 Å². The second-order valence-corrected chi connectivity index (χ2v) is 6.53. The molecular formula is C11H15BrN2OS. The van der Waals surface area contributed by atoms with Gasteiger partial charge in [-0.3, -0.25) is 4.79 Å². The van der Waals surface area contributed by atoms with Gasteiger partial charge in [0.25, 0.3) is 0 Å². The second kappa shape index (κ2) is 5.80. The van der Waals surface area contributed by atoms with Crippen LogP contribution >= 0.6 is 27.3 Å². The van der Waals surface area contributed by atoms with Crippen LogP contribution in [0.4, 0.5) is 0 Å². The van der Waals surface area contributed by atoms with E-state index in [1.165, 1.54) is 4.88 Å². The van der Waals surface area contributed by atoms with Gasteiger partial charge in [-0.05, 0) is 40.9 Å². The van der Waals surface area contributed by atoms with Gasteiger partial charge in [-0.1, -0.05) is 0 Å². The summed E-state index contributed by atoms with van der Waals surface area (Å²) < 4.78 is 1.16. The third kappa shape index (κ3) is 3.57. The molecular weight excluding hydrogens is 288 g/mol. The van der Waals surface area contributed by atoms with Gasteiger partial charge < -0.3 is 10.6 Å². The number of carbonyl (C=O) groups is 1. The Hall–Kier alpha value is -0.390. The summed E-state index contributed by atoms with van der Waals surface area (Å²) in [6, 6.07) is 4.49. The van der Waals surface area contributed by atoms with E-state index in [0.29, 0.717) is 12.5 Å². The molecule has 2 N–H and O–H groups in total. The Morgan fingerprint density at radius 2 is 2.44 bits per heavy atom. The number of amides is 1. The Labute approximate surface area is 108 Å². The van der Waals surface area contributed by atoms with E-state index in [1.54, 1.807) is 11.3 Å². The molecule has 0 aliphatic carbocycles. The smallest absolute Gasteiger partial charge is 0.221 e. The van der Waals surface area contributed by atoms with E-state index in [1.807, 2.05) is 0 Å². The van der Waals surface area contributed by atoms with Crippen molar-refractivity contribution in [3.05, 3.63) is 20.8 Å². The summed E-state index contributed by atoms with van der Waals surface area (Å²) in [6.07, 6.45) is 2.75. The van der Waals surface area contributed by atoms with E-state index in [9.17, 15) is 4.79 Å². The minimum absolute atomic E-state index is 0.169. The molecule has 2 rings (SSSR count). The molecule has 0 aromatic carbocycles. The van der Waals surface area contributed by atoms with Gasteiger partial charge >= 0.3 is 0 Å². The van der Waals surface area contributed by atoms with Crippen LogP contribution in [0.1, 0.15) is 24.1 Å². The fourth-order valence-electron chi connectivity index (χ4n) is 1.84. The summed E-state index contributed by atoms with van der Waals surface area (Å²) in [5.74, 6) is 0.169. The van der Waals surface area contributed by atoms with Gasteiger partial charge in [-0.2, -0.15) is 0 Å². The lowest BCUT2D eigenvalue weighted by Gasteiger charge is -2.13. The number of rotatable bonds is 3. The standard InChI is InChI=1S/C11H15BrN2OS/c12-10-4-3-9(16-10)7-14-8-2-1-5-13-11(15)6-8/h3-4,8,14H,1-2,5-7H2,(H,13,15). The fraction of sp³-hybridized carbons (Fsp3) is 0.545. The molecule has 1 aromatic heterocycles. The first-order valence-electron chi connectivity index (χ1n) is 5.48. The molecule has 1 unspecified atom stereocenters. The number of carbonyl (C=O) groups excluding carboxylic acids is 1. The molecule has 5 heteroatoms. The zero-order valence-electron chi connectivity index (χ0n) is 8.96. The molecule has 1 aliphatic heterocycles. The van der Waals surface area contributed by atoms with Gasteiger partial charge in [0.2, 0.25) is 5.91 Å². The second-order valence-electron chi connectivity index (χ2n) is 3.98. The lowest BCUT2D eigenvalue weighted by atomic mass is 10.1. The van der Waals surface area contributed by atoms with Crippen LogP contribution in [0.3, 0.4) is 0 Å². The van der Waals surface area contributed by atoms with E-state index in [2.05, 4.69) is 38.7 Å². The van der Waals surface area contributed by atoms with Crippen LogP contribution in [0.15, 0.2) is 15.9 Å². The molecule has 0 spiro atoms. The minimum atomic E-state index is 0.169. The van der Waals surface area contributed by atoms with Crippen molar-refractivity contribution in [3.63, 3.8) is 0 Å². The van der Waals surface area contributed by atoms with E-state index < -0.39 is 0 Å². The van der Waals surface area contributed by atoms with Crippen molar-refractivity contribution in [2.75, 3.05) is 6.54 Å². The maximum atomic E-state index is 11.4. The Kier molecular flexibility index (Phi) is 4.37. The maximum absolute atomic E-state index is 11.4. The quantitative estimate of drug-likeness (QED) is 0.899. The predicted molar refractivity (Wildman–Crippen MR) is 69.5 cm³/mol. The highest BCUT2D eigenvalue weighted by Crippen LogP contribution is 2.22. The summed E-state index contributed by atoms with van der Waals surface area (Å²) in [5.41, 5.74) is 0. The topological polar surface area (TPSA) is 41.1 Å². The molecule has 88 valence electrons. The van der Waals surface area contributed by atoms with Gasteiger partial charge in [0.05, 0.1) is 3.79 Å². The summed E-state index contributed by atoms with van der Waals surface area (Å²) in [4.78, 5) is 12.7. The van der Waals surface area contributed by atoms with Crippen molar-refractivity contribution in [1.82, 2.24) is 10.6 Å². The molecule has 0 radical (unpaired) electrons. The zero-order valence-corrected chi connectivity index (χ0v) is 11.4. The van der Waals surface area contributed by atoms with Crippen LogP contribution in [0.5, 0.6) is 0 Å². The molecule has 16 heavy (non-hydrogen) atoms. The van der Waals surface area contributed by atoms with Gasteiger partial charge in [-0.25, -0.2) is 0 Å². The number of nitrogens with one attached hydrogen (secondary N) is 2. The summed E-state index contributed by atoms with van der Waals surface area (Å²) in [7, 11) is 0. The molecule has 1 atom stereocenters. The summed E-state index contributed by atoms with van der Waals surface area (Å²) in [6.45, 7) is 1.68. The molecule has 3 nitrogen and oxygen atoms in total. The first-order chi connectivity index (χ1) is 7.74. The van der Waals surface area contributed by atoms with Crippen LogP contribution in [0.25, 0.3) is 0 Å². The average molecular weight is 303 g/mol. The molecule has 1 amide bonds. The molecule has 1 fully saturated rings. The van der Waals surface area contributed by atoms with Crippen LogP contribution < -0.4 is 10.6 Å². The van der Waals surface area contributed by atoms with Gasteiger partial charge in [-0.15, -0.1) is 11.3 Å². The van der Waals surface area contributed by atoms with Crippen molar-refractivity contribution in [1.29, 1.82) is 0 Å². The average Bonchev–Trinajstić information content (AvgIpc) is 2.55. The SMILES string of the molecule is O=C1CC(NCc2ccc(Br)s2)CCCN1. The largest absolute Gasteiger partial charge is 0.356 e. The lowest BCUT2D eigenvalue weighted by molar-refractivity contribution is -0.121. The number of hydrogen-bond acceptors (Lipinski definition) is 3. The normalized spacial score (nSPS) is 21.6. The monoisotopic (exact) mass is 302 g/mol. The third-order valence-corrected chi connectivity index (χ3v) is 4.30. The summed E-state index contributed by atoms with van der Waals surface area (Å²) in [5, 5.41) is 6.34. The number of thiophene rings is 1. The third-order valence-electron chi connectivity index (χ3n) is 2.68. The predicted octanol–water partition coefficient (Wildman–Crippen LogP) is 2.27. The lowest BCUT2D eigenvalue weighted by Crippen LogP contribution is -2.31.